The standard InChI is InChI=1S/C16H22N2O4/c1-20-14-7-5-11(15(21-2)16(14)22-3)4-6-13(19)12-10-17-8-9-18-12/h4-7,12,17-18H,8-10H2,1-3H3/b6-4+. The third-order valence-corrected chi connectivity index (χ3v) is 3.55. The largest absolute Gasteiger partial charge is 0.493 e. The van der Waals surface area contributed by atoms with E-state index in [4.69, 9.17) is 14.2 Å². The van der Waals surface area contributed by atoms with Gasteiger partial charge in [0.2, 0.25) is 5.75 Å². The van der Waals surface area contributed by atoms with Gasteiger partial charge in [-0.05, 0) is 24.3 Å². The highest BCUT2D eigenvalue weighted by molar-refractivity contribution is 5.98. The first-order chi connectivity index (χ1) is 10.7. The SMILES string of the molecule is COc1ccc(/C=C/C(=O)C2CNCCN2)c(OC)c1OC. The molecule has 1 heterocycles. The molecule has 2 rings (SSSR count). The lowest BCUT2D eigenvalue weighted by Crippen LogP contribution is -2.51. The Kier molecular flexibility index (Phi) is 5.80. The monoisotopic (exact) mass is 306 g/mol. The smallest absolute Gasteiger partial charge is 0.203 e. The Balaban J connectivity index is 2.21. The van der Waals surface area contributed by atoms with Gasteiger partial charge in [-0.1, -0.05) is 0 Å². The molecule has 1 aromatic rings. The zero-order valence-corrected chi connectivity index (χ0v) is 13.1. The first-order valence-electron chi connectivity index (χ1n) is 7.16. The maximum absolute atomic E-state index is 12.2. The van der Waals surface area contributed by atoms with Crippen LogP contribution in [0.4, 0.5) is 0 Å². The van der Waals surface area contributed by atoms with E-state index in [0.717, 1.165) is 18.7 Å². The van der Waals surface area contributed by atoms with Crippen LogP contribution in [0.2, 0.25) is 0 Å². The van der Waals surface area contributed by atoms with Crippen LogP contribution >= 0.6 is 0 Å². The minimum Gasteiger partial charge on any atom is -0.493 e. The summed E-state index contributed by atoms with van der Waals surface area (Å²) < 4.78 is 16.0. The second-order valence-corrected chi connectivity index (χ2v) is 4.87. The van der Waals surface area contributed by atoms with Crippen molar-refractivity contribution in [2.75, 3.05) is 41.0 Å². The molecule has 0 spiro atoms. The van der Waals surface area contributed by atoms with Gasteiger partial charge in [0.05, 0.1) is 27.4 Å². The molecule has 22 heavy (non-hydrogen) atoms. The molecule has 0 aromatic heterocycles. The molecule has 6 nitrogen and oxygen atoms in total. The van der Waals surface area contributed by atoms with Gasteiger partial charge in [0, 0.05) is 25.2 Å². The molecule has 0 amide bonds. The minimum atomic E-state index is -0.184. The van der Waals surface area contributed by atoms with Crippen LogP contribution < -0.4 is 24.8 Å². The molecule has 0 aliphatic carbocycles. The molecule has 1 fully saturated rings. The summed E-state index contributed by atoms with van der Waals surface area (Å²) in [6, 6.07) is 3.43. The Morgan fingerprint density at radius 3 is 2.50 bits per heavy atom. The van der Waals surface area contributed by atoms with Gasteiger partial charge in [0.25, 0.3) is 0 Å². The van der Waals surface area contributed by atoms with E-state index in [-0.39, 0.29) is 11.8 Å². The van der Waals surface area contributed by atoms with Gasteiger partial charge in [0.1, 0.15) is 0 Å². The van der Waals surface area contributed by atoms with Gasteiger partial charge >= 0.3 is 0 Å². The quantitative estimate of drug-likeness (QED) is 0.760. The first kappa shape index (κ1) is 16.3. The lowest BCUT2D eigenvalue weighted by molar-refractivity contribution is -0.116. The lowest BCUT2D eigenvalue weighted by atomic mass is 10.1. The average Bonchev–Trinajstić information content (AvgIpc) is 2.59. The van der Waals surface area contributed by atoms with E-state index in [2.05, 4.69) is 10.6 Å². The summed E-state index contributed by atoms with van der Waals surface area (Å²) in [5.74, 6) is 1.67. The van der Waals surface area contributed by atoms with Gasteiger partial charge in [-0.2, -0.15) is 0 Å². The Bertz CT molecular complexity index is 551. The van der Waals surface area contributed by atoms with Gasteiger partial charge in [-0.3, -0.25) is 4.79 Å². The fraction of sp³-hybridized carbons (Fsp3) is 0.438. The van der Waals surface area contributed by atoms with Crippen LogP contribution in [0.5, 0.6) is 17.2 Å². The molecule has 1 saturated heterocycles. The first-order valence-corrected chi connectivity index (χ1v) is 7.16. The van der Waals surface area contributed by atoms with E-state index in [1.54, 1.807) is 39.5 Å². The highest BCUT2D eigenvalue weighted by Crippen LogP contribution is 2.40. The van der Waals surface area contributed by atoms with Crippen molar-refractivity contribution in [1.29, 1.82) is 0 Å². The zero-order valence-electron chi connectivity index (χ0n) is 13.1. The van der Waals surface area contributed by atoms with Crippen molar-refractivity contribution in [3.8, 4) is 17.2 Å². The molecular weight excluding hydrogens is 284 g/mol. The number of hydrogen-bond acceptors (Lipinski definition) is 6. The van der Waals surface area contributed by atoms with Crippen LogP contribution in [0.1, 0.15) is 5.56 Å². The van der Waals surface area contributed by atoms with Crippen LogP contribution in [0.3, 0.4) is 0 Å². The molecule has 120 valence electrons. The Morgan fingerprint density at radius 2 is 1.91 bits per heavy atom. The van der Waals surface area contributed by atoms with Gasteiger partial charge in [-0.25, -0.2) is 0 Å². The molecule has 1 atom stereocenters. The van der Waals surface area contributed by atoms with Crippen molar-refractivity contribution in [2.24, 2.45) is 0 Å². The highest BCUT2D eigenvalue weighted by atomic mass is 16.5. The molecule has 6 heteroatoms. The fourth-order valence-electron chi connectivity index (χ4n) is 2.40. The van der Waals surface area contributed by atoms with Crippen molar-refractivity contribution >= 4 is 11.9 Å². The zero-order chi connectivity index (χ0) is 15.9. The third-order valence-electron chi connectivity index (χ3n) is 3.55. The molecule has 0 bridgehead atoms. The van der Waals surface area contributed by atoms with E-state index >= 15 is 0 Å². The van der Waals surface area contributed by atoms with Crippen molar-refractivity contribution in [2.45, 2.75) is 6.04 Å². The predicted octanol–water partition coefficient (Wildman–Crippen LogP) is 0.856. The number of benzene rings is 1. The van der Waals surface area contributed by atoms with E-state index in [0.29, 0.717) is 23.8 Å². The van der Waals surface area contributed by atoms with Crippen molar-refractivity contribution < 1.29 is 19.0 Å². The normalized spacial score (nSPS) is 18.2. The van der Waals surface area contributed by atoms with Gasteiger partial charge < -0.3 is 24.8 Å². The Labute approximate surface area is 130 Å². The summed E-state index contributed by atoms with van der Waals surface area (Å²) in [5.41, 5.74) is 0.761. The van der Waals surface area contributed by atoms with Crippen molar-refractivity contribution in [3.05, 3.63) is 23.8 Å². The summed E-state index contributed by atoms with van der Waals surface area (Å²) >= 11 is 0. The van der Waals surface area contributed by atoms with Gasteiger partial charge in [0.15, 0.2) is 17.3 Å². The summed E-state index contributed by atoms with van der Waals surface area (Å²) in [4.78, 5) is 12.2. The highest BCUT2D eigenvalue weighted by Gasteiger charge is 2.18. The number of methoxy groups -OCH3 is 3. The topological polar surface area (TPSA) is 68.8 Å². The van der Waals surface area contributed by atoms with E-state index in [1.807, 2.05) is 6.07 Å². The number of carbonyl (C=O) groups is 1. The summed E-state index contributed by atoms with van der Waals surface area (Å²) in [6.07, 6.45) is 3.30. The Hall–Kier alpha value is -2.05. The molecule has 0 radical (unpaired) electrons. The number of ether oxygens (including phenoxy) is 3. The predicted molar refractivity (Wildman–Crippen MR) is 84.8 cm³/mol. The molecular formula is C16H22N2O4. The summed E-state index contributed by atoms with van der Waals surface area (Å²) in [5, 5.41) is 6.38. The number of ketones is 1. The van der Waals surface area contributed by atoms with Crippen LogP contribution in [0.15, 0.2) is 18.2 Å². The second kappa shape index (κ2) is 7.82. The van der Waals surface area contributed by atoms with E-state index in [1.165, 1.54) is 0 Å². The van der Waals surface area contributed by atoms with E-state index < -0.39 is 0 Å². The molecule has 1 aliphatic heterocycles. The average molecular weight is 306 g/mol. The van der Waals surface area contributed by atoms with Crippen LogP contribution in [0.25, 0.3) is 6.08 Å². The number of carbonyl (C=O) groups excluding carboxylic acids is 1. The van der Waals surface area contributed by atoms with Crippen LogP contribution in [-0.4, -0.2) is 52.8 Å². The lowest BCUT2D eigenvalue weighted by Gasteiger charge is -2.22. The number of piperazine rings is 1. The number of rotatable bonds is 6. The third kappa shape index (κ3) is 3.58. The van der Waals surface area contributed by atoms with Crippen LogP contribution in [0, 0.1) is 0 Å². The minimum absolute atomic E-state index is 0.0315. The fourth-order valence-corrected chi connectivity index (χ4v) is 2.40. The van der Waals surface area contributed by atoms with Crippen molar-refractivity contribution in [1.82, 2.24) is 10.6 Å². The maximum atomic E-state index is 12.2. The molecule has 1 aromatic carbocycles. The summed E-state index contributed by atoms with van der Waals surface area (Å²) in [6.45, 7) is 2.33. The molecule has 2 N–H and O–H groups in total. The molecule has 1 unspecified atom stereocenters. The van der Waals surface area contributed by atoms with Crippen LogP contribution in [-0.2, 0) is 4.79 Å². The molecule has 1 aliphatic rings. The number of hydrogen-bond donors (Lipinski definition) is 2. The van der Waals surface area contributed by atoms with Crippen molar-refractivity contribution in [3.63, 3.8) is 0 Å². The number of nitrogens with one attached hydrogen (secondary N) is 2. The maximum Gasteiger partial charge on any atom is 0.203 e. The second-order valence-electron chi connectivity index (χ2n) is 4.87. The summed E-state index contributed by atoms with van der Waals surface area (Å²) in [7, 11) is 4.68. The molecule has 0 saturated carbocycles. The Morgan fingerprint density at radius 1 is 1.14 bits per heavy atom. The van der Waals surface area contributed by atoms with E-state index in [9.17, 15) is 4.79 Å². The van der Waals surface area contributed by atoms with Gasteiger partial charge in [-0.15, -0.1) is 0 Å².